The van der Waals surface area contributed by atoms with Gasteiger partial charge in [0.1, 0.15) is 6.54 Å². The van der Waals surface area contributed by atoms with Crippen LogP contribution in [0.4, 0.5) is 11.4 Å². The Kier molecular flexibility index (Phi) is 6.56. The number of nitrogens with zero attached hydrogens (tertiary/aromatic N) is 2. The molecule has 0 unspecified atom stereocenters. The van der Waals surface area contributed by atoms with Gasteiger partial charge in [0.05, 0.1) is 36.6 Å². The van der Waals surface area contributed by atoms with E-state index in [9.17, 15) is 13.2 Å². The van der Waals surface area contributed by atoms with Crippen molar-refractivity contribution in [2.24, 2.45) is 0 Å². The van der Waals surface area contributed by atoms with Crippen molar-refractivity contribution in [3.05, 3.63) is 18.2 Å². The topological polar surface area (TPSA) is 88.2 Å². The number of sulfonamides is 1. The van der Waals surface area contributed by atoms with Crippen molar-refractivity contribution in [3.8, 4) is 0 Å². The predicted molar refractivity (Wildman–Crippen MR) is 103 cm³/mol. The van der Waals surface area contributed by atoms with Gasteiger partial charge in [0.15, 0.2) is 0 Å². The van der Waals surface area contributed by atoms with E-state index >= 15 is 0 Å². The largest absolute Gasteiger partial charge is 0.468 e. The Labute approximate surface area is 160 Å². The third-order valence-electron chi connectivity index (χ3n) is 4.92. The molecule has 0 aliphatic carbocycles. The fraction of sp³-hybridized carbons (Fsp3) is 0.611. The molecule has 27 heavy (non-hydrogen) atoms. The van der Waals surface area contributed by atoms with Crippen LogP contribution in [0.1, 0.15) is 19.3 Å². The summed E-state index contributed by atoms with van der Waals surface area (Å²) in [5, 5.41) is 3.04. The summed E-state index contributed by atoms with van der Waals surface area (Å²) in [5.41, 5.74) is 1.47. The van der Waals surface area contributed by atoms with Gasteiger partial charge in [0, 0.05) is 26.2 Å². The van der Waals surface area contributed by atoms with Crippen molar-refractivity contribution in [2.75, 3.05) is 63.3 Å². The zero-order valence-corrected chi connectivity index (χ0v) is 16.5. The number of morpholine rings is 1. The molecule has 2 saturated heterocycles. The number of hydrogen-bond donors (Lipinski definition) is 1. The first-order valence-electron chi connectivity index (χ1n) is 9.30. The van der Waals surface area contributed by atoms with Gasteiger partial charge in [0.2, 0.25) is 10.0 Å². The maximum Gasteiger partial charge on any atom is 0.325 e. The van der Waals surface area contributed by atoms with Gasteiger partial charge in [0.25, 0.3) is 0 Å². The average Bonchev–Trinajstić information content (AvgIpc) is 2.73. The Balaban J connectivity index is 1.90. The first-order valence-corrected chi connectivity index (χ1v) is 10.7. The van der Waals surface area contributed by atoms with Crippen molar-refractivity contribution >= 4 is 27.4 Å². The van der Waals surface area contributed by atoms with Gasteiger partial charge in [-0.05, 0) is 31.0 Å². The number of piperidine rings is 1. The number of anilines is 2. The van der Waals surface area contributed by atoms with E-state index in [1.54, 1.807) is 16.4 Å². The number of carbonyl (C=O) groups excluding carboxylic acids is 1. The number of rotatable bonds is 6. The molecule has 2 aliphatic rings. The van der Waals surface area contributed by atoms with Crippen LogP contribution in [0.3, 0.4) is 0 Å². The molecule has 150 valence electrons. The Morgan fingerprint density at radius 1 is 1.15 bits per heavy atom. The van der Waals surface area contributed by atoms with Crippen molar-refractivity contribution in [2.45, 2.75) is 24.2 Å². The second kappa shape index (κ2) is 8.90. The molecule has 3 rings (SSSR count). The molecule has 9 heteroatoms. The first kappa shape index (κ1) is 19.9. The van der Waals surface area contributed by atoms with Crippen LogP contribution >= 0.6 is 0 Å². The zero-order valence-electron chi connectivity index (χ0n) is 15.6. The SMILES string of the molecule is COC(=O)CNc1cc(S(=O)(=O)N2CCCCC2)ccc1N1CCOCC1. The lowest BCUT2D eigenvalue weighted by atomic mass is 10.2. The number of hydrogen-bond acceptors (Lipinski definition) is 7. The van der Waals surface area contributed by atoms with Crippen LogP contribution in [-0.4, -0.2) is 71.7 Å². The zero-order chi connectivity index (χ0) is 19.3. The standard InChI is InChI=1S/C18H27N3O5S/c1-25-18(22)14-19-16-13-15(27(23,24)21-7-3-2-4-8-21)5-6-17(16)20-9-11-26-12-10-20/h5-6,13,19H,2-4,7-12,14H2,1H3. The molecule has 0 aromatic heterocycles. The Hall–Kier alpha value is -1.84. The minimum absolute atomic E-state index is 0.0267. The van der Waals surface area contributed by atoms with Gasteiger partial charge in [-0.2, -0.15) is 4.31 Å². The molecule has 1 N–H and O–H groups in total. The van der Waals surface area contributed by atoms with E-state index in [1.165, 1.54) is 7.11 Å². The maximum atomic E-state index is 13.0. The van der Waals surface area contributed by atoms with Crippen molar-refractivity contribution < 1.29 is 22.7 Å². The lowest BCUT2D eigenvalue weighted by molar-refractivity contribution is -0.138. The van der Waals surface area contributed by atoms with E-state index in [0.717, 1.165) is 24.9 Å². The van der Waals surface area contributed by atoms with Crippen LogP contribution in [0.2, 0.25) is 0 Å². The molecule has 2 fully saturated rings. The summed E-state index contributed by atoms with van der Waals surface area (Å²) in [7, 11) is -2.22. The summed E-state index contributed by atoms with van der Waals surface area (Å²) in [5.74, 6) is -0.410. The van der Waals surface area contributed by atoms with E-state index in [2.05, 4.69) is 15.0 Å². The molecule has 0 bridgehead atoms. The molecule has 0 amide bonds. The van der Waals surface area contributed by atoms with E-state index in [4.69, 9.17) is 4.74 Å². The highest BCUT2D eigenvalue weighted by Gasteiger charge is 2.27. The minimum Gasteiger partial charge on any atom is -0.468 e. The smallest absolute Gasteiger partial charge is 0.325 e. The van der Waals surface area contributed by atoms with Crippen LogP contribution in [-0.2, 0) is 24.3 Å². The molecule has 1 aromatic rings. The summed E-state index contributed by atoms with van der Waals surface area (Å²) in [6.07, 6.45) is 2.84. The predicted octanol–water partition coefficient (Wildman–Crippen LogP) is 1.28. The van der Waals surface area contributed by atoms with Crippen LogP contribution in [0.15, 0.2) is 23.1 Å². The summed E-state index contributed by atoms with van der Waals surface area (Å²) in [6.45, 7) is 3.74. The van der Waals surface area contributed by atoms with Crippen molar-refractivity contribution in [3.63, 3.8) is 0 Å². The highest BCUT2D eigenvalue weighted by Crippen LogP contribution is 2.31. The van der Waals surface area contributed by atoms with Crippen molar-refractivity contribution in [1.82, 2.24) is 4.31 Å². The van der Waals surface area contributed by atoms with Gasteiger partial charge in [-0.3, -0.25) is 4.79 Å². The fourth-order valence-electron chi connectivity index (χ4n) is 3.39. The Morgan fingerprint density at radius 3 is 2.52 bits per heavy atom. The van der Waals surface area contributed by atoms with Gasteiger partial charge in [-0.15, -0.1) is 0 Å². The van der Waals surface area contributed by atoms with E-state index < -0.39 is 16.0 Å². The van der Waals surface area contributed by atoms with Gasteiger partial charge in [-0.25, -0.2) is 8.42 Å². The second-order valence-electron chi connectivity index (χ2n) is 6.67. The lowest BCUT2D eigenvalue weighted by Crippen LogP contribution is -2.37. The third kappa shape index (κ3) is 4.72. The molecule has 2 heterocycles. The fourth-order valence-corrected chi connectivity index (χ4v) is 4.93. The van der Waals surface area contributed by atoms with Crippen LogP contribution in [0, 0.1) is 0 Å². The molecule has 0 saturated carbocycles. The van der Waals surface area contributed by atoms with Crippen LogP contribution in [0.5, 0.6) is 0 Å². The monoisotopic (exact) mass is 397 g/mol. The molecule has 8 nitrogen and oxygen atoms in total. The van der Waals surface area contributed by atoms with Crippen molar-refractivity contribution in [1.29, 1.82) is 0 Å². The molecule has 2 aliphatic heterocycles. The number of methoxy groups -OCH3 is 1. The molecule has 0 spiro atoms. The van der Waals surface area contributed by atoms with E-state index in [0.29, 0.717) is 45.1 Å². The quantitative estimate of drug-likeness (QED) is 0.724. The molecular weight excluding hydrogens is 370 g/mol. The summed E-state index contributed by atoms with van der Waals surface area (Å²) < 4.78 is 37.6. The Bertz CT molecular complexity index is 756. The number of ether oxygens (including phenoxy) is 2. The van der Waals surface area contributed by atoms with Gasteiger partial charge < -0.3 is 19.7 Å². The molecular formula is C18H27N3O5S. The molecule has 0 atom stereocenters. The van der Waals surface area contributed by atoms with Crippen LogP contribution < -0.4 is 10.2 Å². The second-order valence-corrected chi connectivity index (χ2v) is 8.61. The summed E-state index contributed by atoms with van der Waals surface area (Å²) in [4.78, 5) is 13.9. The molecule has 0 radical (unpaired) electrons. The first-order chi connectivity index (χ1) is 13.0. The van der Waals surface area contributed by atoms with Crippen LogP contribution in [0.25, 0.3) is 0 Å². The molecule has 1 aromatic carbocycles. The van der Waals surface area contributed by atoms with Gasteiger partial charge in [-0.1, -0.05) is 6.42 Å². The minimum atomic E-state index is -3.54. The summed E-state index contributed by atoms with van der Waals surface area (Å²) >= 11 is 0. The highest BCUT2D eigenvalue weighted by molar-refractivity contribution is 7.89. The summed E-state index contributed by atoms with van der Waals surface area (Å²) in [6, 6.07) is 5.08. The van der Waals surface area contributed by atoms with Gasteiger partial charge >= 0.3 is 5.97 Å². The average molecular weight is 397 g/mol. The number of benzene rings is 1. The number of nitrogens with one attached hydrogen (secondary N) is 1. The number of carbonyl (C=O) groups is 1. The van der Waals surface area contributed by atoms with E-state index in [-0.39, 0.29) is 11.4 Å². The Morgan fingerprint density at radius 2 is 1.85 bits per heavy atom. The third-order valence-corrected chi connectivity index (χ3v) is 6.82. The normalized spacial score (nSPS) is 18.9. The van der Waals surface area contributed by atoms with E-state index in [1.807, 2.05) is 6.07 Å². The maximum absolute atomic E-state index is 13.0. The highest BCUT2D eigenvalue weighted by atomic mass is 32.2. The number of esters is 1. The lowest BCUT2D eigenvalue weighted by Gasteiger charge is -2.31.